The molecule has 35 heavy (non-hydrogen) atoms. The second-order valence-electron chi connectivity index (χ2n) is 8.70. The highest BCUT2D eigenvalue weighted by Gasteiger charge is 2.32. The number of hydrogen-bond acceptors (Lipinski definition) is 7. The van der Waals surface area contributed by atoms with Crippen molar-refractivity contribution in [2.24, 2.45) is 0 Å². The highest BCUT2D eigenvalue weighted by molar-refractivity contribution is 5.80. The van der Waals surface area contributed by atoms with Gasteiger partial charge in [0.25, 0.3) is 5.56 Å². The molecule has 0 radical (unpaired) electrons. The number of piperazine rings is 1. The van der Waals surface area contributed by atoms with Gasteiger partial charge < -0.3 is 14.6 Å². The summed E-state index contributed by atoms with van der Waals surface area (Å²) in [7, 11) is 1.62. The summed E-state index contributed by atoms with van der Waals surface area (Å²) in [6.45, 7) is 6.84. The molecule has 1 fully saturated rings. The van der Waals surface area contributed by atoms with Crippen molar-refractivity contribution < 1.29 is 9.13 Å². The van der Waals surface area contributed by atoms with E-state index in [1.165, 1.54) is 12.1 Å². The van der Waals surface area contributed by atoms with Crippen LogP contribution in [-0.2, 0) is 6.54 Å². The van der Waals surface area contributed by atoms with Gasteiger partial charge in [-0.1, -0.05) is 19.1 Å². The quantitative estimate of drug-likeness (QED) is 0.437. The third-order valence-electron chi connectivity index (χ3n) is 6.64. The highest BCUT2D eigenvalue weighted by Crippen LogP contribution is 2.29. The Morgan fingerprint density at radius 1 is 1.09 bits per heavy atom. The van der Waals surface area contributed by atoms with E-state index < -0.39 is 6.04 Å². The lowest BCUT2D eigenvalue weighted by Gasteiger charge is -2.38. The molecule has 0 amide bonds. The summed E-state index contributed by atoms with van der Waals surface area (Å²) in [5, 5.41) is 13.4. The van der Waals surface area contributed by atoms with E-state index in [-0.39, 0.29) is 11.4 Å². The minimum absolute atomic E-state index is 0.179. The molecule has 4 aromatic rings. The molecular weight excluding hydrogens is 449 g/mol. The Labute approximate surface area is 202 Å². The summed E-state index contributed by atoms with van der Waals surface area (Å²) < 4.78 is 20.5. The van der Waals surface area contributed by atoms with Crippen molar-refractivity contribution in [3.8, 4) is 5.75 Å². The Morgan fingerprint density at radius 2 is 1.86 bits per heavy atom. The number of rotatable bonds is 7. The van der Waals surface area contributed by atoms with E-state index in [1.54, 1.807) is 23.9 Å². The van der Waals surface area contributed by atoms with Crippen molar-refractivity contribution >= 4 is 10.9 Å². The lowest BCUT2D eigenvalue weighted by atomic mass is 10.0. The molecule has 1 atom stereocenters. The van der Waals surface area contributed by atoms with E-state index in [1.807, 2.05) is 24.3 Å². The van der Waals surface area contributed by atoms with Gasteiger partial charge in [-0.25, -0.2) is 9.07 Å². The number of benzene rings is 2. The molecular formula is C25H28FN7O2. The topological polar surface area (TPSA) is 92.2 Å². The molecule has 3 heterocycles. The molecule has 1 N–H and O–H groups in total. The van der Waals surface area contributed by atoms with E-state index in [0.29, 0.717) is 23.7 Å². The number of methoxy groups -OCH3 is 1. The van der Waals surface area contributed by atoms with Crippen molar-refractivity contribution in [1.29, 1.82) is 0 Å². The van der Waals surface area contributed by atoms with Crippen LogP contribution in [0.1, 0.15) is 29.9 Å². The van der Waals surface area contributed by atoms with Crippen LogP contribution in [0.3, 0.4) is 0 Å². The number of fused-ring (bicyclic) bond motifs is 1. The summed E-state index contributed by atoms with van der Waals surface area (Å²) in [4.78, 5) is 21.0. The molecule has 1 saturated heterocycles. The Hall–Kier alpha value is -3.63. The molecule has 0 saturated carbocycles. The monoisotopic (exact) mass is 477 g/mol. The number of H-pyrrole nitrogens is 1. The number of aromatic amines is 1. The van der Waals surface area contributed by atoms with Crippen LogP contribution in [0.4, 0.5) is 4.39 Å². The van der Waals surface area contributed by atoms with E-state index in [2.05, 4.69) is 37.2 Å². The van der Waals surface area contributed by atoms with Gasteiger partial charge >= 0.3 is 0 Å². The molecule has 5 rings (SSSR count). The molecule has 2 aromatic carbocycles. The number of ether oxygens (including phenoxy) is 1. The molecule has 182 valence electrons. The van der Waals surface area contributed by atoms with Crippen LogP contribution in [0.25, 0.3) is 10.9 Å². The Morgan fingerprint density at radius 3 is 2.57 bits per heavy atom. The van der Waals surface area contributed by atoms with Gasteiger partial charge in [0.2, 0.25) is 0 Å². The number of nitrogens with zero attached hydrogens (tertiary/aromatic N) is 6. The third-order valence-corrected chi connectivity index (χ3v) is 6.64. The number of tetrazole rings is 1. The molecule has 0 aliphatic carbocycles. The zero-order chi connectivity index (χ0) is 24.4. The van der Waals surface area contributed by atoms with E-state index in [0.717, 1.165) is 49.2 Å². The predicted molar refractivity (Wildman–Crippen MR) is 130 cm³/mol. The average Bonchev–Trinajstić information content (AvgIpc) is 3.33. The van der Waals surface area contributed by atoms with E-state index in [9.17, 15) is 9.18 Å². The van der Waals surface area contributed by atoms with Gasteiger partial charge in [-0.2, -0.15) is 0 Å². The lowest BCUT2D eigenvalue weighted by Crippen LogP contribution is -2.49. The zero-order valence-electron chi connectivity index (χ0n) is 19.8. The van der Waals surface area contributed by atoms with Gasteiger partial charge in [0, 0.05) is 42.6 Å². The standard InChI is InChI=1S/C25H28FN7O2/c1-3-31-10-12-32(13-11-31)23(21-15-18-14-20(35-2)8-9-22(18)27-25(21)34)24-28-29-30-33(24)16-17-4-6-19(26)7-5-17/h4-9,14-15,23H,3,10-13,16H2,1-2H3,(H,27,34)/t23-/m1/s1. The molecule has 0 unspecified atom stereocenters. The maximum absolute atomic E-state index is 13.4. The molecule has 1 aliphatic heterocycles. The molecule has 2 aromatic heterocycles. The van der Waals surface area contributed by atoms with E-state index in [4.69, 9.17) is 4.74 Å². The fraction of sp³-hybridized carbons (Fsp3) is 0.360. The molecule has 0 spiro atoms. The smallest absolute Gasteiger partial charge is 0.253 e. The number of likely N-dealkylation sites (N-methyl/N-ethyl adjacent to an activating group) is 1. The van der Waals surface area contributed by atoms with Crippen LogP contribution in [-0.4, -0.2) is 74.8 Å². The normalized spacial score (nSPS) is 16.0. The number of pyridine rings is 1. The predicted octanol–water partition coefficient (Wildman–Crippen LogP) is 2.44. The first-order valence-corrected chi connectivity index (χ1v) is 11.7. The second kappa shape index (κ2) is 9.93. The van der Waals surface area contributed by atoms with Crippen molar-refractivity contribution in [2.45, 2.75) is 19.5 Å². The van der Waals surface area contributed by atoms with Crippen LogP contribution < -0.4 is 10.3 Å². The van der Waals surface area contributed by atoms with Crippen LogP contribution in [0.5, 0.6) is 5.75 Å². The largest absolute Gasteiger partial charge is 0.497 e. The van der Waals surface area contributed by atoms with Crippen LogP contribution in [0.2, 0.25) is 0 Å². The minimum atomic E-state index is -0.441. The third kappa shape index (κ3) is 4.80. The van der Waals surface area contributed by atoms with Crippen LogP contribution >= 0.6 is 0 Å². The van der Waals surface area contributed by atoms with Gasteiger partial charge in [-0.15, -0.1) is 5.10 Å². The number of hydrogen-bond donors (Lipinski definition) is 1. The van der Waals surface area contributed by atoms with Crippen molar-refractivity contribution in [3.63, 3.8) is 0 Å². The highest BCUT2D eigenvalue weighted by atomic mass is 19.1. The average molecular weight is 478 g/mol. The first-order chi connectivity index (χ1) is 17.1. The maximum Gasteiger partial charge on any atom is 0.253 e. The summed E-state index contributed by atoms with van der Waals surface area (Å²) in [5.41, 5.74) is 2.00. The second-order valence-corrected chi connectivity index (χ2v) is 8.70. The Kier molecular flexibility index (Phi) is 6.56. The summed E-state index contributed by atoms with van der Waals surface area (Å²) in [5.74, 6) is 0.993. The van der Waals surface area contributed by atoms with Crippen LogP contribution in [0, 0.1) is 5.82 Å². The summed E-state index contributed by atoms with van der Waals surface area (Å²) in [6, 6.07) is 13.3. The van der Waals surface area contributed by atoms with Gasteiger partial charge in [0.15, 0.2) is 5.82 Å². The molecule has 0 bridgehead atoms. The molecule has 9 nitrogen and oxygen atoms in total. The van der Waals surface area contributed by atoms with Crippen molar-refractivity contribution in [3.05, 3.63) is 81.7 Å². The summed E-state index contributed by atoms with van der Waals surface area (Å²) in [6.07, 6.45) is 0. The Balaban J connectivity index is 1.59. The SMILES string of the molecule is CCN1CCN([C@H](c2cc3cc(OC)ccc3[nH]c2=O)c2nnnn2Cc2ccc(F)cc2)CC1. The zero-order valence-corrected chi connectivity index (χ0v) is 19.8. The van der Waals surface area contributed by atoms with Crippen molar-refractivity contribution in [1.82, 2.24) is 35.0 Å². The van der Waals surface area contributed by atoms with Gasteiger partial charge in [0.05, 0.1) is 13.7 Å². The van der Waals surface area contributed by atoms with Gasteiger partial charge in [0.1, 0.15) is 17.6 Å². The fourth-order valence-corrected chi connectivity index (χ4v) is 4.65. The number of aromatic nitrogens is 5. The Bertz CT molecular complexity index is 1360. The number of halogens is 1. The van der Waals surface area contributed by atoms with Crippen molar-refractivity contribution in [2.75, 3.05) is 39.8 Å². The van der Waals surface area contributed by atoms with Gasteiger partial charge in [-0.3, -0.25) is 9.69 Å². The first kappa shape index (κ1) is 23.1. The lowest BCUT2D eigenvalue weighted by molar-refractivity contribution is 0.108. The summed E-state index contributed by atoms with van der Waals surface area (Å²) >= 11 is 0. The van der Waals surface area contributed by atoms with Gasteiger partial charge in [-0.05, 0) is 58.9 Å². The fourth-order valence-electron chi connectivity index (χ4n) is 4.65. The minimum Gasteiger partial charge on any atom is -0.497 e. The molecule has 1 aliphatic rings. The maximum atomic E-state index is 13.4. The van der Waals surface area contributed by atoms with Crippen LogP contribution in [0.15, 0.2) is 53.3 Å². The first-order valence-electron chi connectivity index (χ1n) is 11.7. The number of nitrogens with one attached hydrogen (secondary N) is 1. The van der Waals surface area contributed by atoms with E-state index >= 15 is 0 Å². The molecule has 10 heteroatoms.